The predicted molar refractivity (Wildman–Crippen MR) is 98.6 cm³/mol. The Kier molecular flexibility index (Phi) is 4.84. The van der Waals surface area contributed by atoms with Crippen molar-refractivity contribution in [2.75, 3.05) is 5.32 Å². The minimum absolute atomic E-state index is 0.191. The van der Waals surface area contributed by atoms with Crippen molar-refractivity contribution in [1.82, 2.24) is 4.57 Å². The summed E-state index contributed by atoms with van der Waals surface area (Å²) in [6.45, 7) is 1.95. The van der Waals surface area contributed by atoms with Gasteiger partial charge in [-0.25, -0.2) is 4.79 Å². The molecule has 0 aliphatic rings. The molecule has 0 unspecified atom stereocenters. The molecular weight excluding hydrogens is 316 g/mol. The first kappa shape index (κ1) is 16.8. The molecule has 0 atom stereocenters. The van der Waals surface area contributed by atoms with E-state index in [1.54, 1.807) is 31.3 Å². The summed E-state index contributed by atoms with van der Waals surface area (Å²) in [5.41, 5.74) is 4.00. The van der Waals surface area contributed by atoms with Crippen LogP contribution in [0, 0.1) is 0 Å². The number of amides is 1. The zero-order valence-electron chi connectivity index (χ0n) is 14.3. The molecular formula is C20H20N2O3. The summed E-state index contributed by atoms with van der Waals surface area (Å²) in [5, 5.41) is 2.81. The lowest BCUT2D eigenvalue weighted by molar-refractivity contribution is -0.112. The van der Waals surface area contributed by atoms with E-state index in [-0.39, 0.29) is 5.91 Å². The van der Waals surface area contributed by atoms with Gasteiger partial charge in [0.15, 0.2) is 5.58 Å². The van der Waals surface area contributed by atoms with Crippen LogP contribution in [0.3, 0.4) is 0 Å². The van der Waals surface area contributed by atoms with Gasteiger partial charge < -0.3 is 9.73 Å². The molecule has 3 rings (SSSR count). The summed E-state index contributed by atoms with van der Waals surface area (Å²) in [4.78, 5) is 23.7. The average Bonchev–Trinajstić information content (AvgIpc) is 2.87. The standard InChI is InChI=1S/C20H20N2O3/c1-14(8-9-15-6-4-3-5-7-15)12-19(23)21-16-10-11-17-18(13-16)25-20(24)22(17)2/h3-7,10-13H,8-9H2,1-2H3,(H,21,23). The van der Waals surface area contributed by atoms with E-state index in [1.165, 1.54) is 10.1 Å². The summed E-state index contributed by atoms with van der Waals surface area (Å²) in [6.07, 6.45) is 3.33. The quantitative estimate of drug-likeness (QED) is 0.723. The van der Waals surface area contributed by atoms with E-state index in [2.05, 4.69) is 17.4 Å². The van der Waals surface area contributed by atoms with Crippen LogP contribution in [-0.4, -0.2) is 10.5 Å². The van der Waals surface area contributed by atoms with Crippen LogP contribution in [-0.2, 0) is 18.3 Å². The number of benzene rings is 2. The van der Waals surface area contributed by atoms with Gasteiger partial charge in [0.1, 0.15) is 0 Å². The fourth-order valence-electron chi connectivity index (χ4n) is 2.67. The molecule has 5 heteroatoms. The van der Waals surface area contributed by atoms with E-state index >= 15 is 0 Å². The van der Waals surface area contributed by atoms with Crippen molar-refractivity contribution in [3.8, 4) is 0 Å². The first-order valence-electron chi connectivity index (χ1n) is 8.14. The highest BCUT2D eigenvalue weighted by molar-refractivity contribution is 6.00. The lowest BCUT2D eigenvalue weighted by atomic mass is 10.1. The van der Waals surface area contributed by atoms with E-state index < -0.39 is 5.76 Å². The Hall–Kier alpha value is -3.08. The van der Waals surface area contributed by atoms with E-state index in [0.29, 0.717) is 16.8 Å². The summed E-state index contributed by atoms with van der Waals surface area (Å²) in [5.74, 6) is -0.613. The third-order valence-corrected chi connectivity index (χ3v) is 4.09. The average molecular weight is 336 g/mol. The number of anilines is 1. The van der Waals surface area contributed by atoms with Gasteiger partial charge in [-0.15, -0.1) is 0 Å². The first-order valence-corrected chi connectivity index (χ1v) is 8.14. The summed E-state index contributed by atoms with van der Waals surface area (Å²) in [6, 6.07) is 15.3. The van der Waals surface area contributed by atoms with Crippen LogP contribution in [0.2, 0.25) is 0 Å². The van der Waals surface area contributed by atoms with E-state index in [9.17, 15) is 9.59 Å². The maximum Gasteiger partial charge on any atom is 0.419 e. The lowest BCUT2D eigenvalue weighted by Gasteiger charge is -2.05. The zero-order chi connectivity index (χ0) is 17.8. The molecule has 0 aliphatic carbocycles. The van der Waals surface area contributed by atoms with Gasteiger partial charge in [0.05, 0.1) is 5.52 Å². The molecule has 2 aromatic carbocycles. The second kappa shape index (κ2) is 7.21. The van der Waals surface area contributed by atoms with Crippen LogP contribution in [0.1, 0.15) is 18.9 Å². The number of aryl methyl sites for hydroxylation is 2. The Balaban J connectivity index is 1.64. The van der Waals surface area contributed by atoms with Gasteiger partial charge in [-0.2, -0.15) is 0 Å². The van der Waals surface area contributed by atoms with Crippen LogP contribution in [0.25, 0.3) is 11.1 Å². The second-order valence-electron chi connectivity index (χ2n) is 6.08. The largest absolute Gasteiger partial charge is 0.419 e. The van der Waals surface area contributed by atoms with Crippen molar-refractivity contribution >= 4 is 22.7 Å². The Morgan fingerprint density at radius 1 is 1.20 bits per heavy atom. The van der Waals surface area contributed by atoms with Crippen molar-refractivity contribution in [3.05, 3.63) is 76.3 Å². The SMILES string of the molecule is CC(=CC(=O)Nc1ccc2c(c1)oc(=O)n2C)CCc1ccccc1. The number of hydrogen-bond donors (Lipinski definition) is 1. The number of hydrogen-bond acceptors (Lipinski definition) is 3. The van der Waals surface area contributed by atoms with Crippen molar-refractivity contribution in [1.29, 1.82) is 0 Å². The molecule has 0 spiro atoms. The van der Waals surface area contributed by atoms with Gasteiger partial charge in [-0.1, -0.05) is 35.9 Å². The monoisotopic (exact) mass is 336 g/mol. The highest BCUT2D eigenvalue weighted by Crippen LogP contribution is 2.18. The Labute approximate surface area is 145 Å². The van der Waals surface area contributed by atoms with E-state index in [1.807, 2.05) is 25.1 Å². The molecule has 0 aliphatic heterocycles. The van der Waals surface area contributed by atoms with Crippen LogP contribution in [0.15, 0.2) is 69.4 Å². The van der Waals surface area contributed by atoms with Crippen LogP contribution < -0.4 is 11.1 Å². The molecule has 0 bridgehead atoms. The maximum absolute atomic E-state index is 12.2. The molecule has 0 saturated heterocycles. The molecule has 0 radical (unpaired) electrons. The van der Waals surface area contributed by atoms with E-state index in [4.69, 9.17) is 4.42 Å². The molecule has 0 fully saturated rings. The second-order valence-corrected chi connectivity index (χ2v) is 6.08. The number of carbonyl (C=O) groups excluding carboxylic acids is 1. The number of nitrogens with one attached hydrogen (secondary N) is 1. The molecule has 1 N–H and O–H groups in total. The van der Waals surface area contributed by atoms with Gasteiger partial charge in [-0.3, -0.25) is 9.36 Å². The minimum Gasteiger partial charge on any atom is -0.408 e. The Morgan fingerprint density at radius 2 is 1.96 bits per heavy atom. The molecule has 25 heavy (non-hydrogen) atoms. The maximum atomic E-state index is 12.2. The van der Waals surface area contributed by atoms with Gasteiger partial charge in [0.25, 0.3) is 0 Å². The number of allylic oxidation sites excluding steroid dienone is 1. The van der Waals surface area contributed by atoms with Crippen LogP contribution in [0.4, 0.5) is 5.69 Å². The van der Waals surface area contributed by atoms with Gasteiger partial charge in [0, 0.05) is 24.9 Å². The molecule has 3 aromatic rings. The van der Waals surface area contributed by atoms with E-state index in [0.717, 1.165) is 18.4 Å². The lowest BCUT2D eigenvalue weighted by Crippen LogP contribution is -2.09. The molecule has 1 aromatic heterocycles. The number of nitrogens with zero attached hydrogens (tertiary/aromatic N) is 1. The van der Waals surface area contributed by atoms with Crippen LogP contribution in [0.5, 0.6) is 0 Å². The number of fused-ring (bicyclic) bond motifs is 1. The topological polar surface area (TPSA) is 64.2 Å². The summed E-state index contributed by atoms with van der Waals surface area (Å²) >= 11 is 0. The number of carbonyl (C=O) groups is 1. The normalized spacial score (nSPS) is 11.7. The zero-order valence-corrected chi connectivity index (χ0v) is 14.3. The van der Waals surface area contributed by atoms with Crippen molar-refractivity contribution in [3.63, 3.8) is 0 Å². The van der Waals surface area contributed by atoms with Crippen molar-refractivity contribution in [2.24, 2.45) is 7.05 Å². The molecule has 1 heterocycles. The molecule has 5 nitrogen and oxygen atoms in total. The number of oxazole rings is 1. The van der Waals surface area contributed by atoms with Crippen molar-refractivity contribution in [2.45, 2.75) is 19.8 Å². The third kappa shape index (κ3) is 4.07. The summed E-state index contributed by atoms with van der Waals surface area (Å²) in [7, 11) is 1.64. The fourth-order valence-corrected chi connectivity index (χ4v) is 2.67. The number of aromatic nitrogens is 1. The Bertz CT molecular complexity index is 981. The summed E-state index contributed by atoms with van der Waals surface area (Å²) < 4.78 is 6.56. The minimum atomic E-state index is -0.421. The molecule has 1 amide bonds. The van der Waals surface area contributed by atoms with Gasteiger partial charge in [0.2, 0.25) is 5.91 Å². The molecule has 0 saturated carbocycles. The predicted octanol–water partition coefficient (Wildman–Crippen LogP) is 3.65. The highest BCUT2D eigenvalue weighted by atomic mass is 16.4. The van der Waals surface area contributed by atoms with Crippen LogP contribution >= 0.6 is 0 Å². The first-order chi connectivity index (χ1) is 12.0. The number of rotatable bonds is 5. The third-order valence-electron chi connectivity index (χ3n) is 4.09. The van der Waals surface area contributed by atoms with Crippen molar-refractivity contribution < 1.29 is 9.21 Å². The Morgan fingerprint density at radius 3 is 2.72 bits per heavy atom. The smallest absolute Gasteiger partial charge is 0.408 e. The van der Waals surface area contributed by atoms with Gasteiger partial charge >= 0.3 is 5.76 Å². The highest BCUT2D eigenvalue weighted by Gasteiger charge is 2.07. The fraction of sp³-hybridized carbons (Fsp3) is 0.200. The molecule has 128 valence electrons. The van der Waals surface area contributed by atoms with Gasteiger partial charge in [-0.05, 0) is 37.5 Å².